The van der Waals surface area contributed by atoms with E-state index >= 15 is 0 Å². The Morgan fingerprint density at radius 1 is 1.22 bits per heavy atom. The molecule has 3 rings (SSSR count). The summed E-state index contributed by atoms with van der Waals surface area (Å²) < 4.78 is 0. The van der Waals surface area contributed by atoms with Crippen LogP contribution in [0.25, 0.3) is 0 Å². The number of benzene rings is 1. The van der Waals surface area contributed by atoms with Crippen LogP contribution in [0.1, 0.15) is 87.3 Å². The lowest BCUT2D eigenvalue weighted by molar-refractivity contribution is 0.139. The van der Waals surface area contributed by atoms with Gasteiger partial charge in [-0.1, -0.05) is 57.2 Å². The second-order valence-corrected chi connectivity index (χ2v) is 8.79. The maximum absolute atomic E-state index is 11.1. The molecule has 0 radical (unpaired) electrons. The molecule has 2 aliphatic rings. The molecule has 4 nitrogen and oxygen atoms in total. The van der Waals surface area contributed by atoms with Gasteiger partial charge in [0.1, 0.15) is 0 Å². The minimum absolute atomic E-state index is 0.125. The number of amides is 1. The van der Waals surface area contributed by atoms with Crippen molar-refractivity contribution < 1.29 is 15.0 Å². The van der Waals surface area contributed by atoms with Crippen LogP contribution < -0.4 is 5.32 Å². The third kappa shape index (κ3) is 5.04. The highest BCUT2D eigenvalue weighted by atomic mass is 16.4. The van der Waals surface area contributed by atoms with Crippen LogP contribution in [0.4, 0.5) is 4.79 Å². The van der Waals surface area contributed by atoms with Crippen molar-refractivity contribution in [2.45, 2.75) is 89.0 Å². The van der Waals surface area contributed by atoms with Crippen LogP contribution in [-0.4, -0.2) is 28.5 Å². The van der Waals surface area contributed by atoms with Crippen molar-refractivity contribution in [2.24, 2.45) is 5.92 Å². The third-order valence-electron chi connectivity index (χ3n) is 6.78. The molecule has 27 heavy (non-hydrogen) atoms. The second kappa shape index (κ2) is 9.09. The smallest absolute Gasteiger partial charge is 0.405 e. The maximum atomic E-state index is 11.1. The molecule has 3 atom stereocenters. The van der Waals surface area contributed by atoms with Crippen molar-refractivity contribution in [1.29, 1.82) is 0 Å². The first-order chi connectivity index (χ1) is 13.0. The predicted molar refractivity (Wildman–Crippen MR) is 108 cm³/mol. The van der Waals surface area contributed by atoms with Crippen molar-refractivity contribution in [3.63, 3.8) is 0 Å². The normalized spacial score (nSPS) is 27.3. The van der Waals surface area contributed by atoms with Crippen LogP contribution in [0.5, 0.6) is 0 Å². The summed E-state index contributed by atoms with van der Waals surface area (Å²) in [6.07, 6.45) is 11.7. The Labute approximate surface area is 163 Å². The van der Waals surface area contributed by atoms with Crippen LogP contribution in [0.2, 0.25) is 0 Å². The average molecular weight is 374 g/mol. The number of nitrogens with one attached hydrogen (secondary N) is 1. The summed E-state index contributed by atoms with van der Waals surface area (Å²) in [5.41, 5.74) is 3.65. The van der Waals surface area contributed by atoms with Crippen LogP contribution in [-0.2, 0) is 12.8 Å². The van der Waals surface area contributed by atoms with Crippen molar-refractivity contribution >= 4 is 6.09 Å². The molecule has 2 aliphatic carbocycles. The molecular weight excluding hydrogens is 338 g/mol. The Bertz CT molecular complexity index is 645. The quantitative estimate of drug-likeness (QED) is 0.560. The monoisotopic (exact) mass is 373 g/mol. The molecular formula is C23H35NO3. The number of hydrogen-bond acceptors (Lipinski definition) is 2. The standard InChI is InChI=1S/C23H35NO3/c1-2-3-4-5-6-17-7-8-19-14-20(10-9-18(19)13-17)21-11-12-23(15-21,16-25)24-22(26)27/h9-10,14,17,21,24-25H,2-8,11-13,15-16H2,1H3,(H,26,27)/t17?,21-,23+/m0/s1. The van der Waals surface area contributed by atoms with E-state index in [2.05, 4.69) is 30.4 Å². The lowest BCUT2D eigenvalue weighted by atomic mass is 9.79. The molecule has 4 heteroatoms. The molecule has 0 aromatic heterocycles. The zero-order valence-corrected chi connectivity index (χ0v) is 16.7. The lowest BCUT2D eigenvalue weighted by Crippen LogP contribution is -2.48. The van der Waals surface area contributed by atoms with Gasteiger partial charge in [0.15, 0.2) is 0 Å². The second-order valence-electron chi connectivity index (χ2n) is 8.79. The van der Waals surface area contributed by atoms with E-state index in [0.29, 0.717) is 18.8 Å². The predicted octanol–water partition coefficient (Wildman–Crippen LogP) is 5.03. The lowest BCUT2D eigenvalue weighted by Gasteiger charge is -2.28. The van der Waals surface area contributed by atoms with Gasteiger partial charge in [0.05, 0.1) is 12.1 Å². The fourth-order valence-electron chi connectivity index (χ4n) is 5.14. The molecule has 0 spiro atoms. The van der Waals surface area contributed by atoms with Gasteiger partial charge >= 0.3 is 6.09 Å². The Kier molecular flexibility index (Phi) is 6.80. The van der Waals surface area contributed by atoms with Crippen LogP contribution >= 0.6 is 0 Å². The molecule has 1 aromatic rings. The highest BCUT2D eigenvalue weighted by Gasteiger charge is 2.40. The number of aliphatic hydroxyl groups excluding tert-OH is 1. The first-order valence-electron chi connectivity index (χ1n) is 10.8. The Balaban J connectivity index is 1.60. The minimum Gasteiger partial charge on any atom is -0.465 e. The van der Waals surface area contributed by atoms with Crippen molar-refractivity contribution in [3.8, 4) is 0 Å². The number of carbonyl (C=O) groups is 1. The van der Waals surface area contributed by atoms with Gasteiger partial charge in [-0.25, -0.2) is 4.79 Å². The SMILES string of the molecule is CCCCCCC1CCc2cc([C@H]3CC[C@@](CO)(NC(=O)O)C3)ccc2C1. The number of carboxylic acid groups (broad SMARTS) is 1. The molecule has 0 aliphatic heterocycles. The first kappa shape index (κ1) is 20.2. The minimum atomic E-state index is -1.04. The van der Waals surface area contributed by atoms with E-state index in [9.17, 15) is 9.90 Å². The fraction of sp³-hybridized carbons (Fsp3) is 0.696. The molecule has 1 amide bonds. The van der Waals surface area contributed by atoms with Gasteiger partial charge in [-0.05, 0) is 67.1 Å². The molecule has 0 heterocycles. The summed E-state index contributed by atoms with van der Waals surface area (Å²) in [5.74, 6) is 1.18. The molecule has 1 unspecified atom stereocenters. The van der Waals surface area contributed by atoms with Crippen molar-refractivity contribution in [2.75, 3.05) is 6.61 Å². The van der Waals surface area contributed by atoms with E-state index in [1.165, 1.54) is 68.1 Å². The Hall–Kier alpha value is -1.55. The molecule has 150 valence electrons. The largest absolute Gasteiger partial charge is 0.465 e. The number of aryl methyl sites for hydroxylation is 1. The molecule has 1 aromatic carbocycles. The van der Waals surface area contributed by atoms with E-state index in [0.717, 1.165) is 12.3 Å². The highest BCUT2D eigenvalue weighted by Crippen LogP contribution is 2.42. The number of aliphatic hydroxyl groups is 1. The number of rotatable bonds is 8. The Morgan fingerprint density at radius 2 is 2.07 bits per heavy atom. The van der Waals surface area contributed by atoms with Gasteiger partial charge in [0.2, 0.25) is 0 Å². The summed E-state index contributed by atoms with van der Waals surface area (Å²) in [7, 11) is 0. The summed E-state index contributed by atoms with van der Waals surface area (Å²) in [4.78, 5) is 11.1. The van der Waals surface area contributed by atoms with Gasteiger partial charge in [-0.15, -0.1) is 0 Å². The number of unbranched alkanes of at least 4 members (excludes halogenated alkanes) is 3. The van der Waals surface area contributed by atoms with Crippen LogP contribution in [0.3, 0.4) is 0 Å². The molecule has 0 bridgehead atoms. The molecule has 1 fully saturated rings. The van der Waals surface area contributed by atoms with E-state index in [1.807, 2.05) is 0 Å². The van der Waals surface area contributed by atoms with Gasteiger partial charge < -0.3 is 15.5 Å². The average Bonchev–Trinajstić information content (AvgIpc) is 3.08. The summed E-state index contributed by atoms with van der Waals surface area (Å²) in [5, 5.41) is 21.4. The summed E-state index contributed by atoms with van der Waals surface area (Å²) in [6, 6.07) is 6.92. The van der Waals surface area contributed by atoms with Gasteiger partial charge in [0.25, 0.3) is 0 Å². The van der Waals surface area contributed by atoms with Crippen LogP contribution in [0.15, 0.2) is 18.2 Å². The van der Waals surface area contributed by atoms with E-state index in [-0.39, 0.29) is 6.61 Å². The molecule has 0 saturated heterocycles. The van der Waals surface area contributed by atoms with Gasteiger partial charge in [0, 0.05) is 0 Å². The van der Waals surface area contributed by atoms with E-state index in [1.54, 1.807) is 0 Å². The topological polar surface area (TPSA) is 69.6 Å². The highest BCUT2D eigenvalue weighted by molar-refractivity contribution is 5.65. The third-order valence-corrected chi connectivity index (χ3v) is 6.78. The zero-order chi connectivity index (χ0) is 19.3. The maximum Gasteiger partial charge on any atom is 0.405 e. The van der Waals surface area contributed by atoms with Crippen molar-refractivity contribution in [3.05, 3.63) is 34.9 Å². The molecule has 1 saturated carbocycles. The summed E-state index contributed by atoms with van der Waals surface area (Å²) >= 11 is 0. The zero-order valence-electron chi connectivity index (χ0n) is 16.7. The summed E-state index contributed by atoms with van der Waals surface area (Å²) in [6.45, 7) is 2.14. The van der Waals surface area contributed by atoms with Crippen molar-refractivity contribution in [1.82, 2.24) is 5.32 Å². The van der Waals surface area contributed by atoms with Crippen LogP contribution in [0, 0.1) is 5.92 Å². The van der Waals surface area contributed by atoms with E-state index < -0.39 is 11.6 Å². The number of fused-ring (bicyclic) bond motifs is 1. The first-order valence-corrected chi connectivity index (χ1v) is 10.8. The van der Waals surface area contributed by atoms with E-state index in [4.69, 9.17) is 5.11 Å². The van der Waals surface area contributed by atoms with Gasteiger partial charge in [-0.3, -0.25) is 0 Å². The number of hydrogen-bond donors (Lipinski definition) is 3. The van der Waals surface area contributed by atoms with Gasteiger partial charge in [-0.2, -0.15) is 0 Å². The Morgan fingerprint density at radius 3 is 2.81 bits per heavy atom. The fourth-order valence-corrected chi connectivity index (χ4v) is 5.14. The molecule has 3 N–H and O–H groups in total.